The van der Waals surface area contributed by atoms with Crippen LogP contribution in [0.3, 0.4) is 0 Å². The van der Waals surface area contributed by atoms with Crippen LogP contribution in [0.15, 0.2) is 0 Å². The van der Waals surface area contributed by atoms with E-state index in [1.54, 1.807) is 0 Å². The van der Waals surface area contributed by atoms with Gasteiger partial charge in [-0.3, -0.25) is 0 Å². The largest absolute Gasteiger partial charge is 0.330 e. The normalized spacial score (nSPS) is 29.1. The van der Waals surface area contributed by atoms with E-state index in [-0.39, 0.29) is 0 Å². The van der Waals surface area contributed by atoms with Gasteiger partial charge in [0, 0.05) is 0 Å². The summed E-state index contributed by atoms with van der Waals surface area (Å²) < 4.78 is 0. The van der Waals surface area contributed by atoms with Gasteiger partial charge in [0.25, 0.3) is 0 Å². The Balaban J connectivity index is 2.05. The molecule has 1 aliphatic rings. The van der Waals surface area contributed by atoms with E-state index < -0.39 is 0 Å². The van der Waals surface area contributed by atoms with E-state index in [1.807, 2.05) is 0 Å². The first-order chi connectivity index (χ1) is 6.34. The zero-order valence-electron chi connectivity index (χ0n) is 8.89. The molecule has 78 valence electrons. The Labute approximate surface area is 82.3 Å². The van der Waals surface area contributed by atoms with E-state index >= 15 is 0 Å². The summed E-state index contributed by atoms with van der Waals surface area (Å²) in [6, 6.07) is 0. The molecule has 0 radical (unpaired) electrons. The third-order valence-electron chi connectivity index (χ3n) is 3.25. The van der Waals surface area contributed by atoms with Crippen LogP contribution in [0.2, 0.25) is 0 Å². The number of nitrogens with two attached hydrogens (primary N) is 1. The highest BCUT2D eigenvalue weighted by Gasteiger charge is 2.20. The van der Waals surface area contributed by atoms with Gasteiger partial charge in [0.2, 0.25) is 0 Å². The first-order valence-corrected chi connectivity index (χ1v) is 5.75. The maximum atomic E-state index is 5.44. The van der Waals surface area contributed by atoms with E-state index in [9.17, 15) is 0 Å². The van der Waals surface area contributed by atoms with Crippen LogP contribution < -0.4 is 11.1 Å². The molecule has 0 aromatic heterocycles. The highest BCUT2D eigenvalue weighted by atomic mass is 14.9. The third kappa shape index (κ3) is 4.10. The lowest BCUT2D eigenvalue weighted by Crippen LogP contribution is -2.30. The SMILES string of the molecule is CC1CCCCC1CNCCCN. The molecular weight excluding hydrogens is 160 g/mol. The minimum absolute atomic E-state index is 0.813. The monoisotopic (exact) mass is 184 g/mol. The predicted molar refractivity (Wildman–Crippen MR) is 57.7 cm³/mol. The molecule has 0 saturated heterocycles. The van der Waals surface area contributed by atoms with Crippen LogP contribution in [0.25, 0.3) is 0 Å². The van der Waals surface area contributed by atoms with Gasteiger partial charge in [-0.15, -0.1) is 0 Å². The zero-order chi connectivity index (χ0) is 9.52. The van der Waals surface area contributed by atoms with Crippen molar-refractivity contribution >= 4 is 0 Å². The van der Waals surface area contributed by atoms with Crippen LogP contribution in [0, 0.1) is 11.8 Å². The van der Waals surface area contributed by atoms with Crippen molar-refractivity contribution in [2.24, 2.45) is 17.6 Å². The predicted octanol–water partition coefficient (Wildman–Crippen LogP) is 1.75. The molecule has 0 spiro atoms. The molecule has 1 fully saturated rings. The van der Waals surface area contributed by atoms with Gasteiger partial charge in [0.15, 0.2) is 0 Å². The topological polar surface area (TPSA) is 38.0 Å². The molecule has 0 aliphatic heterocycles. The van der Waals surface area contributed by atoms with Crippen LogP contribution in [-0.2, 0) is 0 Å². The molecule has 3 N–H and O–H groups in total. The van der Waals surface area contributed by atoms with Gasteiger partial charge < -0.3 is 11.1 Å². The van der Waals surface area contributed by atoms with Crippen molar-refractivity contribution in [1.29, 1.82) is 0 Å². The van der Waals surface area contributed by atoms with Crippen LogP contribution in [-0.4, -0.2) is 19.6 Å². The zero-order valence-corrected chi connectivity index (χ0v) is 8.89. The minimum Gasteiger partial charge on any atom is -0.330 e. The summed E-state index contributed by atoms with van der Waals surface area (Å²) in [5, 5.41) is 3.51. The fourth-order valence-electron chi connectivity index (χ4n) is 2.21. The van der Waals surface area contributed by atoms with E-state index in [4.69, 9.17) is 5.73 Å². The summed E-state index contributed by atoms with van der Waals surface area (Å²) in [5.41, 5.74) is 5.44. The second-order valence-electron chi connectivity index (χ2n) is 4.37. The van der Waals surface area contributed by atoms with Gasteiger partial charge in [0.1, 0.15) is 0 Å². The van der Waals surface area contributed by atoms with Crippen molar-refractivity contribution in [2.45, 2.75) is 39.0 Å². The molecule has 13 heavy (non-hydrogen) atoms. The molecule has 0 heterocycles. The molecule has 0 bridgehead atoms. The molecule has 0 aromatic carbocycles. The lowest BCUT2D eigenvalue weighted by Gasteiger charge is -2.28. The quantitative estimate of drug-likeness (QED) is 0.639. The smallest absolute Gasteiger partial charge is 0.00180 e. The Kier molecular flexibility index (Phi) is 5.40. The van der Waals surface area contributed by atoms with Crippen molar-refractivity contribution in [3.8, 4) is 0 Å². The molecule has 1 aliphatic carbocycles. The Hall–Kier alpha value is -0.0800. The molecule has 0 amide bonds. The lowest BCUT2D eigenvalue weighted by atomic mass is 9.80. The van der Waals surface area contributed by atoms with E-state index in [0.717, 1.165) is 31.3 Å². The molecular formula is C11H24N2. The minimum atomic E-state index is 0.813. The van der Waals surface area contributed by atoms with Crippen LogP contribution in [0.1, 0.15) is 39.0 Å². The molecule has 2 nitrogen and oxygen atoms in total. The van der Waals surface area contributed by atoms with E-state index in [2.05, 4.69) is 12.2 Å². The lowest BCUT2D eigenvalue weighted by molar-refractivity contribution is 0.248. The van der Waals surface area contributed by atoms with Crippen molar-refractivity contribution in [3.63, 3.8) is 0 Å². The number of hydrogen-bond acceptors (Lipinski definition) is 2. The van der Waals surface area contributed by atoms with Crippen LogP contribution in [0.5, 0.6) is 0 Å². The number of rotatable bonds is 5. The van der Waals surface area contributed by atoms with Crippen molar-refractivity contribution in [1.82, 2.24) is 5.32 Å². The Bertz CT molecular complexity index is 125. The van der Waals surface area contributed by atoms with Gasteiger partial charge >= 0.3 is 0 Å². The third-order valence-corrected chi connectivity index (χ3v) is 3.25. The van der Waals surface area contributed by atoms with E-state index in [0.29, 0.717) is 0 Å². The molecule has 2 atom stereocenters. The molecule has 2 unspecified atom stereocenters. The van der Waals surface area contributed by atoms with Crippen molar-refractivity contribution in [3.05, 3.63) is 0 Å². The van der Waals surface area contributed by atoms with Crippen LogP contribution in [0.4, 0.5) is 0 Å². The average molecular weight is 184 g/mol. The second-order valence-corrected chi connectivity index (χ2v) is 4.37. The Morgan fingerprint density at radius 1 is 1.31 bits per heavy atom. The summed E-state index contributed by atoms with van der Waals surface area (Å²) in [5.74, 6) is 1.85. The molecule has 1 saturated carbocycles. The first kappa shape index (κ1) is 11.0. The highest BCUT2D eigenvalue weighted by molar-refractivity contribution is 4.73. The van der Waals surface area contributed by atoms with Gasteiger partial charge in [-0.25, -0.2) is 0 Å². The van der Waals surface area contributed by atoms with E-state index in [1.165, 1.54) is 32.2 Å². The summed E-state index contributed by atoms with van der Waals surface area (Å²) in [7, 11) is 0. The van der Waals surface area contributed by atoms with Gasteiger partial charge in [-0.2, -0.15) is 0 Å². The summed E-state index contributed by atoms with van der Waals surface area (Å²) >= 11 is 0. The fourth-order valence-corrected chi connectivity index (χ4v) is 2.21. The Morgan fingerprint density at radius 2 is 2.08 bits per heavy atom. The molecule has 0 aromatic rings. The molecule has 1 rings (SSSR count). The highest BCUT2D eigenvalue weighted by Crippen LogP contribution is 2.28. The maximum absolute atomic E-state index is 5.44. The summed E-state index contributed by atoms with van der Waals surface area (Å²) in [6.45, 7) is 5.52. The fraction of sp³-hybridized carbons (Fsp3) is 1.00. The summed E-state index contributed by atoms with van der Waals surface area (Å²) in [6.07, 6.45) is 6.86. The van der Waals surface area contributed by atoms with Gasteiger partial charge in [0.05, 0.1) is 0 Å². The van der Waals surface area contributed by atoms with Gasteiger partial charge in [-0.05, 0) is 44.3 Å². The Morgan fingerprint density at radius 3 is 2.77 bits per heavy atom. The van der Waals surface area contributed by atoms with Crippen molar-refractivity contribution in [2.75, 3.05) is 19.6 Å². The summed E-state index contributed by atoms with van der Waals surface area (Å²) in [4.78, 5) is 0. The van der Waals surface area contributed by atoms with Crippen LogP contribution >= 0.6 is 0 Å². The number of nitrogens with one attached hydrogen (secondary N) is 1. The average Bonchev–Trinajstić information content (AvgIpc) is 2.15. The maximum Gasteiger partial charge on any atom is -0.00180 e. The number of hydrogen-bond donors (Lipinski definition) is 2. The molecule has 2 heteroatoms. The standard InChI is InChI=1S/C11H24N2/c1-10-5-2-3-6-11(10)9-13-8-4-7-12/h10-11,13H,2-9,12H2,1H3. The second kappa shape index (κ2) is 6.39. The van der Waals surface area contributed by atoms with Crippen molar-refractivity contribution < 1.29 is 0 Å². The first-order valence-electron chi connectivity index (χ1n) is 5.75. The van der Waals surface area contributed by atoms with Gasteiger partial charge in [-0.1, -0.05) is 26.2 Å².